The molecule has 2 unspecified atom stereocenters. The topological polar surface area (TPSA) is 29.1 Å². The Bertz CT molecular complexity index is 419. The maximum atomic E-state index is 12.3. The summed E-state index contributed by atoms with van der Waals surface area (Å²) in [4.78, 5) is 12.3. The first kappa shape index (κ1) is 15.3. The lowest BCUT2D eigenvalue weighted by molar-refractivity contribution is -0.123. The molecule has 2 heteroatoms. The summed E-state index contributed by atoms with van der Waals surface area (Å²) < 4.78 is 0. The number of carbonyl (C=O) groups excluding carboxylic acids is 1. The van der Waals surface area contributed by atoms with Crippen LogP contribution in [0.25, 0.3) is 0 Å². The summed E-state index contributed by atoms with van der Waals surface area (Å²) in [6.07, 6.45) is 7.73. The fourth-order valence-electron chi connectivity index (χ4n) is 2.15. The molecule has 2 atom stereocenters. The lowest BCUT2D eigenvalue weighted by Gasteiger charge is -2.22. The Kier molecular flexibility index (Phi) is 6.74. The largest absolute Gasteiger partial charge is 0.356 e. The third-order valence-corrected chi connectivity index (χ3v) is 3.45. The van der Waals surface area contributed by atoms with Crippen LogP contribution in [0, 0.1) is 18.3 Å². The lowest BCUT2D eigenvalue weighted by atomic mass is 9.85. The van der Waals surface area contributed by atoms with E-state index >= 15 is 0 Å². The molecule has 1 rings (SSSR count). The molecule has 1 aromatic carbocycles. The highest BCUT2D eigenvalue weighted by Gasteiger charge is 2.25. The molecule has 0 aliphatic carbocycles. The van der Waals surface area contributed by atoms with Gasteiger partial charge in [0.05, 0.1) is 5.92 Å². The molecule has 1 aromatic rings. The zero-order valence-corrected chi connectivity index (χ0v) is 11.9. The number of hydrogen-bond donors (Lipinski definition) is 1. The van der Waals surface area contributed by atoms with Crippen molar-refractivity contribution in [1.29, 1.82) is 0 Å². The van der Waals surface area contributed by atoms with Gasteiger partial charge in [-0.05, 0) is 17.9 Å². The molecule has 1 amide bonds. The van der Waals surface area contributed by atoms with Crippen LogP contribution in [-0.2, 0) is 4.79 Å². The zero-order chi connectivity index (χ0) is 14.1. The first-order chi connectivity index (χ1) is 9.20. The van der Waals surface area contributed by atoms with Crippen molar-refractivity contribution in [1.82, 2.24) is 5.32 Å². The quantitative estimate of drug-likeness (QED) is 0.589. The van der Waals surface area contributed by atoms with E-state index in [1.165, 1.54) is 0 Å². The van der Waals surface area contributed by atoms with Crippen LogP contribution in [0.15, 0.2) is 30.3 Å². The van der Waals surface area contributed by atoms with Crippen LogP contribution in [0.5, 0.6) is 0 Å². The second-order valence-corrected chi connectivity index (χ2v) is 4.87. The van der Waals surface area contributed by atoms with Crippen LogP contribution in [0.2, 0.25) is 0 Å². The summed E-state index contributed by atoms with van der Waals surface area (Å²) in [5, 5.41) is 3.00. The summed E-state index contributed by atoms with van der Waals surface area (Å²) in [5.41, 5.74) is 1.09. The molecule has 19 heavy (non-hydrogen) atoms. The summed E-state index contributed by atoms with van der Waals surface area (Å²) >= 11 is 0. The summed E-state index contributed by atoms with van der Waals surface area (Å²) in [5.74, 6) is 2.95. The molecule has 0 saturated heterocycles. The van der Waals surface area contributed by atoms with Gasteiger partial charge in [0.15, 0.2) is 0 Å². The average molecular weight is 257 g/mol. The Labute approximate surface area is 116 Å². The van der Waals surface area contributed by atoms with Gasteiger partial charge in [-0.15, -0.1) is 12.3 Å². The fourth-order valence-corrected chi connectivity index (χ4v) is 2.15. The monoisotopic (exact) mass is 257 g/mol. The Morgan fingerprint density at radius 2 is 2.05 bits per heavy atom. The van der Waals surface area contributed by atoms with E-state index in [9.17, 15) is 4.79 Å². The van der Waals surface area contributed by atoms with Crippen molar-refractivity contribution in [3.05, 3.63) is 35.9 Å². The zero-order valence-electron chi connectivity index (χ0n) is 11.9. The van der Waals surface area contributed by atoms with E-state index < -0.39 is 0 Å². The first-order valence-electron chi connectivity index (χ1n) is 6.96. The summed E-state index contributed by atoms with van der Waals surface area (Å²) in [6, 6.07) is 9.99. The average Bonchev–Trinajstić information content (AvgIpc) is 2.45. The van der Waals surface area contributed by atoms with E-state index in [-0.39, 0.29) is 11.8 Å². The molecule has 0 fully saturated rings. The van der Waals surface area contributed by atoms with E-state index in [4.69, 9.17) is 6.42 Å². The summed E-state index contributed by atoms with van der Waals surface area (Å²) in [6.45, 7) is 4.90. The van der Waals surface area contributed by atoms with Gasteiger partial charge in [0.25, 0.3) is 0 Å². The molecule has 0 spiro atoms. The molecule has 0 saturated carbocycles. The van der Waals surface area contributed by atoms with Crippen molar-refractivity contribution in [2.24, 2.45) is 5.92 Å². The third kappa shape index (κ3) is 4.79. The number of terminal acetylenes is 1. The predicted molar refractivity (Wildman–Crippen MR) is 79.7 cm³/mol. The Morgan fingerprint density at radius 1 is 1.37 bits per heavy atom. The van der Waals surface area contributed by atoms with E-state index in [0.717, 1.165) is 18.4 Å². The van der Waals surface area contributed by atoms with Gasteiger partial charge >= 0.3 is 0 Å². The second kappa shape index (κ2) is 8.37. The number of amides is 1. The second-order valence-electron chi connectivity index (χ2n) is 4.87. The maximum Gasteiger partial charge on any atom is 0.227 e. The molecule has 0 aliphatic rings. The summed E-state index contributed by atoms with van der Waals surface area (Å²) in [7, 11) is 0. The first-order valence-corrected chi connectivity index (χ1v) is 6.96. The standard InChI is InChI=1S/C17H23NO/c1-4-6-10-13-18-17(19)16(14(3)5-2)15-11-8-7-9-12-15/h1,7-9,11-12,14,16H,5-6,10,13H2,2-3H3,(H,18,19). The van der Waals surface area contributed by atoms with E-state index in [1.54, 1.807) is 0 Å². The Hall–Kier alpha value is -1.75. The molecular formula is C17H23NO. The SMILES string of the molecule is C#CCCCNC(=O)C(c1ccccc1)C(C)CC. The lowest BCUT2D eigenvalue weighted by Crippen LogP contribution is -2.33. The highest BCUT2D eigenvalue weighted by atomic mass is 16.1. The molecule has 1 N–H and O–H groups in total. The Balaban J connectivity index is 2.70. The maximum absolute atomic E-state index is 12.3. The smallest absolute Gasteiger partial charge is 0.227 e. The number of carbonyl (C=O) groups is 1. The highest BCUT2D eigenvalue weighted by molar-refractivity contribution is 5.83. The number of nitrogens with one attached hydrogen (secondary N) is 1. The van der Waals surface area contributed by atoms with Crippen molar-refractivity contribution in [3.8, 4) is 12.3 Å². The molecule has 0 radical (unpaired) electrons. The van der Waals surface area contributed by atoms with Gasteiger partial charge in [-0.1, -0.05) is 50.6 Å². The van der Waals surface area contributed by atoms with Crippen molar-refractivity contribution in [2.45, 2.75) is 39.0 Å². The van der Waals surface area contributed by atoms with Gasteiger partial charge in [0, 0.05) is 13.0 Å². The van der Waals surface area contributed by atoms with Gasteiger partial charge in [-0.2, -0.15) is 0 Å². The predicted octanol–water partition coefficient (Wildman–Crippen LogP) is 3.35. The van der Waals surface area contributed by atoms with E-state index in [2.05, 4.69) is 25.1 Å². The van der Waals surface area contributed by atoms with Crippen LogP contribution in [0.4, 0.5) is 0 Å². The number of rotatable bonds is 7. The van der Waals surface area contributed by atoms with Gasteiger partial charge in [-0.25, -0.2) is 0 Å². The highest BCUT2D eigenvalue weighted by Crippen LogP contribution is 2.27. The van der Waals surface area contributed by atoms with Crippen molar-refractivity contribution >= 4 is 5.91 Å². The molecule has 2 nitrogen and oxygen atoms in total. The minimum absolute atomic E-state index is 0.0722. The Morgan fingerprint density at radius 3 is 2.63 bits per heavy atom. The van der Waals surface area contributed by atoms with Crippen molar-refractivity contribution in [3.63, 3.8) is 0 Å². The fraction of sp³-hybridized carbons (Fsp3) is 0.471. The van der Waals surface area contributed by atoms with Gasteiger partial charge in [0.2, 0.25) is 5.91 Å². The minimum Gasteiger partial charge on any atom is -0.356 e. The molecular weight excluding hydrogens is 234 g/mol. The molecule has 102 valence electrons. The molecule has 0 aromatic heterocycles. The van der Waals surface area contributed by atoms with Crippen molar-refractivity contribution < 1.29 is 4.79 Å². The number of benzene rings is 1. The molecule has 0 heterocycles. The molecule has 0 aliphatic heterocycles. The van der Waals surface area contributed by atoms with Gasteiger partial charge in [-0.3, -0.25) is 4.79 Å². The van der Waals surface area contributed by atoms with Crippen LogP contribution in [0.1, 0.15) is 44.6 Å². The number of unbranched alkanes of at least 4 members (excludes halogenated alkanes) is 1. The van der Waals surface area contributed by atoms with Crippen LogP contribution >= 0.6 is 0 Å². The van der Waals surface area contributed by atoms with E-state index in [0.29, 0.717) is 18.9 Å². The van der Waals surface area contributed by atoms with E-state index in [1.807, 2.05) is 30.3 Å². The molecule has 0 bridgehead atoms. The van der Waals surface area contributed by atoms with Crippen molar-refractivity contribution in [2.75, 3.05) is 6.54 Å². The van der Waals surface area contributed by atoms with Crippen LogP contribution in [-0.4, -0.2) is 12.5 Å². The van der Waals surface area contributed by atoms with Gasteiger partial charge in [0.1, 0.15) is 0 Å². The third-order valence-electron chi connectivity index (χ3n) is 3.45. The van der Waals surface area contributed by atoms with Crippen LogP contribution < -0.4 is 5.32 Å². The number of hydrogen-bond acceptors (Lipinski definition) is 1. The van der Waals surface area contributed by atoms with Gasteiger partial charge < -0.3 is 5.32 Å². The van der Waals surface area contributed by atoms with Crippen LogP contribution in [0.3, 0.4) is 0 Å². The normalized spacial score (nSPS) is 13.3. The minimum atomic E-state index is -0.0722.